The second-order valence-corrected chi connectivity index (χ2v) is 4.57. The fourth-order valence-electron chi connectivity index (χ4n) is 1.70. The van der Waals surface area contributed by atoms with Crippen LogP contribution in [0.15, 0.2) is 0 Å². The molecule has 0 aliphatic rings. The molecule has 0 atom stereocenters. The van der Waals surface area contributed by atoms with E-state index >= 15 is 0 Å². The number of hydrogen-bond donors (Lipinski definition) is 2. The average molecular weight is 292 g/mol. The first-order valence-electron chi connectivity index (χ1n) is 6.73. The summed E-state index contributed by atoms with van der Waals surface area (Å²) >= 11 is 0. The summed E-state index contributed by atoms with van der Waals surface area (Å²) in [6.45, 7) is 2.12. The molecule has 0 radical (unpaired) electrons. The summed E-state index contributed by atoms with van der Waals surface area (Å²) in [6, 6.07) is 0. The Bertz CT molecular complexity index is 417. The van der Waals surface area contributed by atoms with Crippen molar-refractivity contribution in [3.8, 4) is 0 Å². The van der Waals surface area contributed by atoms with Gasteiger partial charge in [0, 0.05) is 6.42 Å². The lowest BCUT2D eigenvalue weighted by Gasteiger charge is -2.01. The van der Waals surface area contributed by atoms with Crippen molar-refractivity contribution in [3.05, 3.63) is 5.82 Å². The Hall–Kier alpha value is -1.60. The van der Waals surface area contributed by atoms with Gasteiger partial charge in [0.1, 0.15) is 0 Å². The zero-order valence-corrected chi connectivity index (χ0v) is 11.4. The molecular weight excluding hydrogens is 273 g/mol. The number of carbonyl (C=O) groups is 1. The third-order valence-corrected chi connectivity index (χ3v) is 2.76. The zero-order valence-electron chi connectivity index (χ0n) is 11.4. The summed E-state index contributed by atoms with van der Waals surface area (Å²) in [5.41, 5.74) is 0. The Balaban J connectivity index is 2.24. The molecule has 0 saturated heterocycles. The molecule has 0 saturated carbocycles. The second-order valence-electron chi connectivity index (χ2n) is 4.57. The molecule has 0 bridgehead atoms. The van der Waals surface area contributed by atoms with Crippen molar-refractivity contribution >= 4 is 11.9 Å². The molecule has 1 aromatic heterocycles. The minimum Gasteiger partial charge on any atom is -0.293 e. The molecule has 0 aliphatic heterocycles. The third-order valence-electron chi connectivity index (χ3n) is 2.76. The first-order valence-corrected chi connectivity index (χ1v) is 6.73. The fraction of sp³-hybridized carbons (Fsp3) is 0.750. The van der Waals surface area contributed by atoms with E-state index in [0.717, 1.165) is 25.7 Å². The summed E-state index contributed by atoms with van der Waals surface area (Å²) in [6.07, 6.45) is 1.89. The number of aromatic nitrogens is 3. The number of nitrogens with one attached hydrogen (secondary N) is 2. The molecule has 1 amide bonds. The largest absolute Gasteiger partial charge is 0.451 e. The van der Waals surface area contributed by atoms with E-state index in [1.54, 1.807) is 5.10 Å². The maximum Gasteiger partial charge on any atom is 0.451 e. The second kappa shape index (κ2) is 7.86. The predicted molar refractivity (Wildman–Crippen MR) is 68.0 cm³/mol. The zero-order chi connectivity index (χ0) is 15.0. The van der Waals surface area contributed by atoms with Gasteiger partial charge in [-0.3, -0.25) is 15.2 Å². The summed E-state index contributed by atoms with van der Waals surface area (Å²) in [5, 5.41) is 7.29. The molecule has 1 rings (SSSR count). The summed E-state index contributed by atoms with van der Waals surface area (Å²) in [4.78, 5) is 14.6. The van der Waals surface area contributed by atoms with E-state index in [-0.39, 0.29) is 18.3 Å². The van der Waals surface area contributed by atoms with Crippen molar-refractivity contribution < 1.29 is 18.0 Å². The standard InChI is InChI=1S/C12H19F3N4O/c1-2-3-4-5-6-7-8-9(20)16-11-17-10(18-19-11)12(13,14)15/h2-8H2,1H3,(H2,16,17,18,19,20). The number of hydrogen-bond acceptors (Lipinski definition) is 3. The monoisotopic (exact) mass is 292 g/mol. The van der Waals surface area contributed by atoms with Gasteiger partial charge in [-0.15, -0.1) is 5.10 Å². The summed E-state index contributed by atoms with van der Waals surface area (Å²) < 4.78 is 36.7. The van der Waals surface area contributed by atoms with E-state index in [1.807, 2.05) is 0 Å². The maximum absolute atomic E-state index is 12.2. The van der Waals surface area contributed by atoms with Crippen LogP contribution in [-0.2, 0) is 11.0 Å². The fourth-order valence-corrected chi connectivity index (χ4v) is 1.70. The average Bonchev–Trinajstić information content (AvgIpc) is 2.82. The number of rotatable bonds is 8. The molecule has 0 aromatic carbocycles. The number of H-pyrrole nitrogens is 1. The van der Waals surface area contributed by atoms with Crippen molar-refractivity contribution in [2.45, 2.75) is 58.0 Å². The summed E-state index contributed by atoms with van der Waals surface area (Å²) in [7, 11) is 0. The quantitative estimate of drug-likeness (QED) is 0.720. The van der Waals surface area contributed by atoms with E-state index < -0.39 is 12.0 Å². The van der Waals surface area contributed by atoms with Crippen LogP contribution in [0.1, 0.15) is 57.7 Å². The molecule has 20 heavy (non-hydrogen) atoms. The number of nitrogens with zero attached hydrogens (tertiary/aromatic N) is 2. The summed E-state index contributed by atoms with van der Waals surface area (Å²) in [5.74, 6) is -1.92. The molecule has 0 unspecified atom stereocenters. The van der Waals surface area contributed by atoms with Crippen molar-refractivity contribution in [3.63, 3.8) is 0 Å². The molecule has 5 nitrogen and oxygen atoms in total. The van der Waals surface area contributed by atoms with Crippen LogP contribution in [0.4, 0.5) is 19.1 Å². The molecule has 2 N–H and O–H groups in total. The highest BCUT2D eigenvalue weighted by Crippen LogP contribution is 2.26. The Kier molecular flexibility index (Phi) is 6.47. The van der Waals surface area contributed by atoms with Gasteiger partial charge < -0.3 is 0 Å². The topological polar surface area (TPSA) is 70.7 Å². The van der Waals surface area contributed by atoms with Gasteiger partial charge in [-0.2, -0.15) is 18.2 Å². The van der Waals surface area contributed by atoms with Crippen molar-refractivity contribution in [2.24, 2.45) is 0 Å². The lowest BCUT2D eigenvalue weighted by molar-refractivity contribution is -0.144. The molecule has 1 heterocycles. The lowest BCUT2D eigenvalue weighted by Crippen LogP contribution is -2.13. The van der Waals surface area contributed by atoms with Gasteiger partial charge in [0.05, 0.1) is 0 Å². The van der Waals surface area contributed by atoms with E-state index in [1.165, 1.54) is 6.42 Å². The smallest absolute Gasteiger partial charge is 0.293 e. The Morgan fingerprint density at radius 3 is 2.45 bits per heavy atom. The number of amides is 1. The van der Waals surface area contributed by atoms with E-state index in [2.05, 4.69) is 22.3 Å². The minimum atomic E-state index is -4.59. The van der Waals surface area contributed by atoms with Gasteiger partial charge in [-0.25, -0.2) is 0 Å². The van der Waals surface area contributed by atoms with E-state index in [0.29, 0.717) is 6.42 Å². The third kappa shape index (κ3) is 6.03. The van der Waals surface area contributed by atoms with Crippen LogP contribution in [0.5, 0.6) is 0 Å². The number of unbranched alkanes of at least 4 members (excludes halogenated alkanes) is 5. The molecule has 114 valence electrons. The molecular formula is C12H19F3N4O. The number of carbonyl (C=O) groups excluding carboxylic acids is 1. The van der Waals surface area contributed by atoms with Crippen LogP contribution in [-0.4, -0.2) is 21.1 Å². The highest BCUT2D eigenvalue weighted by molar-refractivity contribution is 5.88. The Labute approximate surface area is 115 Å². The van der Waals surface area contributed by atoms with Crippen LogP contribution in [0.2, 0.25) is 0 Å². The minimum absolute atomic E-state index is 0.266. The van der Waals surface area contributed by atoms with Gasteiger partial charge in [-0.05, 0) is 6.42 Å². The van der Waals surface area contributed by atoms with E-state index in [4.69, 9.17) is 0 Å². The number of aromatic amines is 1. The Morgan fingerprint density at radius 1 is 1.20 bits per heavy atom. The van der Waals surface area contributed by atoms with Gasteiger partial charge >= 0.3 is 6.18 Å². The molecule has 8 heteroatoms. The van der Waals surface area contributed by atoms with Crippen LogP contribution >= 0.6 is 0 Å². The van der Waals surface area contributed by atoms with Crippen LogP contribution in [0.3, 0.4) is 0 Å². The van der Waals surface area contributed by atoms with Gasteiger partial charge in [0.25, 0.3) is 0 Å². The highest BCUT2D eigenvalue weighted by atomic mass is 19.4. The van der Waals surface area contributed by atoms with Crippen molar-refractivity contribution in [1.29, 1.82) is 0 Å². The molecule has 0 spiro atoms. The maximum atomic E-state index is 12.2. The number of alkyl halides is 3. The van der Waals surface area contributed by atoms with Gasteiger partial charge in [0.2, 0.25) is 17.7 Å². The van der Waals surface area contributed by atoms with E-state index in [9.17, 15) is 18.0 Å². The normalized spacial score (nSPS) is 11.6. The SMILES string of the molecule is CCCCCCCCC(=O)Nc1n[nH]c(C(F)(F)F)n1. The first kappa shape index (κ1) is 16.5. The van der Waals surface area contributed by atoms with Crippen LogP contribution in [0.25, 0.3) is 0 Å². The highest BCUT2D eigenvalue weighted by Gasteiger charge is 2.35. The van der Waals surface area contributed by atoms with Crippen LogP contribution < -0.4 is 5.32 Å². The first-order chi connectivity index (χ1) is 9.43. The number of anilines is 1. The van der Waals surface area contributed by atoms with Gasteiger partial charge in [-0.1, -0.05) is 39.0 Å². The van der Waals surface area contributed by atoms with Crippen molar-refractivity contribution in [2.75, 3.05) is 5.32 Å². The predicted octanol–water partition coefficient (Wildman–Crippen LogP) is 3.51. The number of halogens is 3. The molecule has 0 fully saturated rings. The van der Waals surface area contributed by atoms with Crippen molar-refractivity contribution in [1.82, 2.24) is 15.2 Å². The molecule has 0 aliphatic carbocycles. The van der Waals surface area contributed by atoms with Gasteiger partial charge in [0.15, 0.2) is 0 Å². The molecule has 1 aromatic rings. The van der Waals surface area contributed by atoms with Crippen LogP contribution in [0, 0.1) is 0 Å². The Morgan fingerprint density at radius 2 is 1.85 bits per heavy atom. The lowest BCUT2D eigenvalue weighted by atomic mass is 10.1.